The topological polar surface area (TPSA) is 94.2 Å². The minimum atomic E-state index is -5.12. The van der Waals surface area contributed by atoms with E-state index in [0.29, 0.717) is 17.5 Å². The Balaban J connectivity index is 1.79. The number of aromatic nitrogens is 1. The molecule has 3 rings (SSSR count). The Bertz CT molecular complexity index is 1180. The van der Waals surface area contributed by atoms with Crippen LogP contribution in [0.15, 0.2) is 77.7 Å². The van der Waals surface area contributed by atoms with Crippen LogP contribution in [-0.4, -0.2) is 28.5 Å². The smallest absolute Gasteiger partial charge is 0.394 e. The van der Waals surface area contributed by atoms with Crippen molar-refractivity contribution in [3.63, 3.8) is 0 Å². The molecule has 1 amide bonds. The van der Waals surface area contributed by atoms with Gasteiger partial charge in [0.15, 0.2) is 0 Å². The summed E-state index contributed by atoms with van der Waals surface area (Å²) in [7, 11) is 0. The molecule has 0 saturated heterocycles. The second-order valence-electron chi connectivity index (χ2n) is 7.57. The monoisotopic (exact) mass is 457 g/mol. The van der Waals surface area contributed by atoms with Gasteiger partial charge in [-0.2, -0.15) is 13.2 Å². The summed E-state index contributed by atoms with van der Waals surface area (Å²) in [5.41, 5.74) is 7.10. The number of rotatable bonds is 8. The second kappa shape index (κ2) is 10.2. The van der Waals surface area contributed by atoms with Crippen molar-refractivity contribution < 1.29 is 22.8 Å². The van der Waals surface area contributed by atoms with Gasteiger partial charge in [-0.25, -0.2) is 0 Å². The van der Waals surface area contributed by atoms with Crippen LogP contribution in [0.4, 0.5) is 18.9 Å². The summed E-state index contributed by atoms with van der Waals surface area (Å²) < 4.78 is 40.3. The Morgan fingerprint density at radius 3 is 2.09 bits per heavy atom. The van der Waals surface area contributed by atoms with Crippen molar-refractivity contribution in [3.8, 4) is 0 Å². The normalized spacial score (nSPS) is 12.2. The van der Waals surface area contributed by atoms with Crippen LogP contribution >= 0.6 is 0 Å². The summed E-state index contributed by atoms with van der Waals surface area (Å²) in [6.07, 6.45) is -3.58. The highest BCUT2D eigenvalue weighted by atomic mass is 19.4. The summed E-state index contributed by atoms with van der Waals surface area (Å²) in [4.78, 5) is 36.8. The molecule has 3 aromatic rings. The molecule has 172 valence electrons. The van der Waals surface area contributed by atoms with E-state index in [1.165, 1.54) is 12.3 Å². The number of nitrogens with zero attached hydrogens (tertiary/aromatic N) is 1. The van der Waals surface area contributed by atoms with E-state index in [0.717, 1.165) is 10.1 Å². The largest absolute Gasteiger partial charge is 0.452 e. The quantitative estimate of drug-likeness (QED) is 0.544. The Hall–Kier alpha value is -3.88. The average Bonchev–Trinajstić information content (AvgIpc) is 2.77. The molecule has 6 nitrogen and oxygen atoms in total. The van der Waals surface area contributed by atoms with E-state index < -0.39 is 36.0 Å². The fourth-order valence-corrected chi connectivity index (χ4v) is 3.42. The molecule has 0 saturated carbocycles. The van der Waals surface area contributed by atoms with Crippen LogP contribution in [0.5, 0.6) is 0 Å². The molecule has 0 aliphatic rings. The molecule has 1 heterocycles. The molecule has 1 unspecified atom stereocenters. The van der Waals surface area contributed by atoms with Gasteiger partial charge in [-0.3, -0.25) is 14.4 Å². The predicted octanol–water partition coefficient (Wildman–Crippen LogP) is 2.88. The molecular formula is C24H22F3N3O3. The van der Waals surface area contributed by atoms with Crippen LogP contribution in [0.1, 0.15) is 16.7 Å². The molecular weight excluding hydrogens is 435 g/mol. The predicted molar refractivity (Wildman–Crippen MR) is 118 cm³/mol. The van der Waals surface area contributed by atoms with E-state index in [1.807, 2.05) is 30.3 Å². The Kier molecular flexibility index (Phi) is 7.32. The second-order valence-corrected chi connectivity index (χ2v) is 7.57. The molecule has 2 aromatic carbocycles. The van der Waals surface area contributed by atoms with E-state index in [9.17, 15) is 27.6 Å². The van der Waals surface area contributed by atoms with Crippen LogP contribution in [0.25, 0.3) is 0 Å². The number of ketones is 1. The van der Waals surface area contributed by atoms with E-state index in [2.05, 4.69) is 5.32 Å². The van der Waals surface area contributed by atoms with Gasteiger partial charge in [0, 0.05) is 12.6 Å². The van der Waals surface area contributed by atoms with E-state index in [4.69, 9.17) is 5.73 Å². The first kappa shape index (κ1) is 23.8. The van der Waals surface area contributed by atoms with Gasteiger partial charge in [0.2, 0.25) is 5.91 Å². The number of hydrogen-bond acceptors (Lipinski definition) is 4. The summed E-state index contributed by atoms with van der Waals surface area (Å²) in [6.45, 7) is -0.581. The highest BCUT2D eigenvalue weighted by molar-refractivity contribution is 5.93. The summed E-state index contributed by atoms with van der Waals surface area (Å²) in [5.74, 6) is -2.98. The van der Waals surface area contributed by atoms with Crippen molar-refractivity contribution in [2.24, 2.45) is 0 Å². The molecule has 1 aromatic heterocycles. The Morgan fingerprint density at radius 1 is 0.939 bits per heavy atom. The number of carbonyl (C=O) groups excluding carboxylic acids is 2. The van der Waals surface area contributed by atoms with Gasteiger partial charge >= 0.3 is 6.18 Å². The maximum Gasteiger partial charge on any atom is 0.452 e. The third kappa shape index (κ3) is 6.55. The Labute approximate surface area is 187 Å². The van der Waals surface area contributed by atoms with Gasteiger partial charge < -0.3 is 15.6 Å². The summed E-state index contributed by atoms with van der Waals surface area (Å²) in [5, 5.41) is 2.13. The molecule has 1 atom stereocenters. The van der Waals surface area contributed by atoms with Crippen molar-refractivity contribution in [3.05, 3.63) is 100.0 Å². The average molecular weight is 457 g/mol. The zero-order chi connectivity index (χ0) is 24.0. The lowest BCUT2D eigenvalue weighted by atomic mass is 10.0. The molecule has 9 heteroatoms. The maximum absolute atomic E-state index is 13.1. The van der Waals surface area contributed by atoms with Crippen LogP contribution in [0, 0.1) is 0 Å². The lowest BCUT2D eigenvalue weighted by molar-refractivity contribution is -0.173. The lowest BCUT2D eigenvalue weighted by Crippen LogP contribution is -2.49. The zero-order valence-electron chi connectivity index (χ0n) is 17.5. The number of anilines is 1. The number of Topliss-reactive ketones (excluding diaryl/α,β-unsaturated/α-hetero) is 1. The van der Waals surface area contributed by atoms with Gasteiger partial charge in [-0.05, 0) is 29.2 Å². The summed E-state index contributed by atoms with van der Waals surface area (Å²) in [6, 6.07) is 17.0. The van der Waals surface area contributed by atoms with Crippen LogP contribution in [-0.2, 0) is 29.0 Å². The first-order valence-electron chi connectivity index (χ1n) is 10.1. The lowest BCUT2D eigenvalue weighted by Gasteiger charge is -2.20. The number of alkyl halides is 3. The third-order valence-corrected chi connectivity index (χ3v) is 4.95. The number of hydrogen-bond donors (Lipinski definition) is 2. The van der Waals surface area contributed by atoms with Crippen LogP contribution in [0.3, 0.4) is 0 Å². The van der Waals surface area contributed by atoms with Gasteiger partial charge in [-0.15, -0.1) is 0 Å². The third-order valence-electron chi connectivity index (χ3n) is 4.95. The molecule has 0 spiro atoms. The standard InChI is InChI=1S/C24H22F3N3O3/c25-24(26,27)22(32)20(13-17-9-5-2-6-10-17)29-21(31)15-30-14-18(12-19(28)23(30)33)11-16-7-3-1-4-8-16/h1-10,12,14,20H,11,13,15,28H2,(H,29,31). The highest BCUT2D eigenvalue weighted by Crippen LogP contribution is 2.20. The number of nitrogens with two attached hydrogens (primary N) is 1. The maximum atomic E-state index is 13.1. The van der Waals surface area contributed by atoms with Crippen molar-refractivity contribution in [1.82, 2.24) is 9.88 Å². The van der Waals surface area contributed by atoms with E-state index >= 15 is 0 Å². The first-order chi connectivity index (χ1) is 15.6. The fourth-order valence-electron chi connectivity index (χ4n) is 3.42. The molecule has 33 heavy (non-hydrogen) atoms. The van der Waals surface area contributed by atoms with Crippen molar-refractivity contribution in [1.29, 1.82) is 0 Å². The molecule has 0 aliphatic carbocycles. The minimum absolute atomic E-state index is 0.0940. The number of carbonyl (C=O) groups is 2. The van der Waals surface area contributed by atoms with E-state index in [1.54, 1.807) is 30.3 Å². The zero-order valence-corrected chi connectivity index (χ0v) is 17.5. The number of halogens is 3. The molecule has 0 radical (unpaired) electrons. The number of amides is 1. The minimum Gasteiger partial charge on any atom is -0.394 e. The number of nitrogen functional groups attached to an aromatic ring is 1. The highest BCUT2D eigenvalue weighted by Gasteiger charge is 2.43. The Morgan fingerprint density at radius 2 is 1.52 bits per heavy atom. The van der Waals surface area contributed by atoms with Gasteiger partial charge in [0.1, 0.15) is 12.6 Å². The number of pyridine rings is 1. The van der Waals surface area contributed by atoms with Crippen LogP contribution < -0.4 is 16.6 Å². The summed E-state index contributed by atoms with van der Waals surface area (Å²) >= 11 is 0. The SMILES string of the molecule is Nc1cc(Cc2ccccc2)cn(CC(=O)NC(Cc2ccccc2)C(=O)C(F)(F)F)c1=O. The van der Waals surface area contributed by atoms with E-state index in [-0.39, 0.29) is 12.1 Å². The molecule has 0 bridgehead atoms. The van der Waals surface area contributed by atoms with Gasteiger partial charge in [0.25, 0.3) is 11.3 Å². The molecule has 0 fully saturated rings. The van der Waals surface area contributed by atoms with Crippen molar-refractivity contribution in [2.75, 3.05) is 5.73 Å². The fraction of sp³-hybridized carbons (Fsp3) is 0.208. The van der Waals surface area contributed by atoms with Crippen LogP contribution in [0.2, 0.25) is 0 Å². The first-order valence-corrected chi connectivity index (χ1v) is 10.1. The van der Waals surface area contributed by atoms with Gasteiger partial charge in [0.05, 0.1) is 5.69 Å². The number of benzene rings is 2. The van der Waals surface area contributed by atoms with Crippen molar-refractivity contribution in [2.45, 2.75) is 31.6 Å². The molecule has 3 N–H and O–H groups in total. The van der Waals surface area contributed by atoms with Crippen molar-refractivity contribution >= 4 is 17.4 Å². The molecule has 0 aliphatic heterocycles. The number of nitrogens with one attached hydrogen (secondary N) is 1. The van der Waals surface area contributed by atoms with Gasteiger partial charge in [-0.1, -0.05) is 60.7 Å².